The lowest BCUT2D eigenvalue weighted by Crippen LogP contribution is -2.59. The van der Waals surface area contributed by atoms with Gasteiger partial charge in [0.25, 0.3) is 11.8 Å². The van der Waals surface area contributed by atoms with Crippen molar-refractivity contribution in [2.75, 3.05) is 32.8 Å². The Bertz CT molecular complexity index is 1260. The Labute approximate surface area is 197 Å². The highest BCUT2D eigenvalue weighted by Crippen LogP contribution is 2.32. The van der Waals surface area contributed by atoms with Gasteiger partial charge in [-0.05, 0) is 29.8 Å². The van der Waals surface area contributed by atoms with Crippen molar-refractivity contribution in [2.24, 2.45) is 0 Å². The van der Waals surface area contributed by atoms with Crippen LogP contribution in [0.15, 0.2) is 45.6 Å². The molecule has 1 N–H and O–H groups in total. The van der Waals surface area contributed by atoms with Crippen molar-refractivity contribution in [3.63, 3.8) is 0 Å². The zero-order valence-corrected chi connectivity index (χ0v) is 18.8. The maximum Gasteiger partial charge on any atom is 0.434 e. The second-order valence-corrected chi connectivity index (χ2v) is 8.77. The summed E-state index contributed by atoms with van der Waals surface area (Å²) >= 11 is 12.4. The lowest BCUT2D eigenvalue weighted by Gasteiger charge is -2.46. The molecule has 0 bridgehead atoms. The van der Waals surface area contributed by atoms with Crippen molar-refractivity contribution in [3.05, 3.63) is 73.9 Å². The molecule has 3 heterocycles. The zero-order chi connectivity index (χ0) is 23.1. The number of hydrogen-bond donors (Lipinski definition) is 1. The number of rotatable bonds is 3. The Balaban J connectivity index is 1.29. The SMILES string of the molecule is O=C(c1cccc(-c2n[nH]c(=O)o2)c1Cl)N1CCN2C[C@@H](c3ccc(F)c(Cl)c3)OC[C@@H]2C1. The first-order valence-corrected chi connectivity index (χ1v) is 11.1. The molecule has 0 aliphatic carbocycles. The number of hydrogen-bond acceptors (Lipinski definition) is 6. The number of ether oxygens (including phenoxy) is 1. The summed E-state index contributed by atoms with van der Waals surface area (Å²) in [4.78, 5) is 28.5. The first kappa shape index (κ1) is 22.1. The van der Waals surface area contributed by atoms with Crippen LogP contribution in [0.5, 0.6) is 0 Å². The largest absolute Gasteiger partial charge is 0.434 e. The van der Waals surface area contributed by atoms with Crippen LogP contribution < -0.4 is 5.76 Å². The molecule has 8 nitrogen and oxygen atoms in total. The van der Waals surface area contributed by atoms with Gasteiger partial charge >= 0.3 is 5.76 Å². The van der Waals surface area contributed by atoms with Gasteiger partial charge in [0.15, 0.2) is 0 Å². The van der Waals surface area contributed by atoms with Gasteiger partial charge in [0, 0.05) is 26.2 Å². The van der Waals surface area contributed by atoms with Crippen LogP contribution in [0.2, 0.25) is 10.0 Å². The summed E-state index contributed by atoms with van der Waals surface area (Å²) in [5.74, 6) is -1.35. The minimum atomic E-state index is -0.701. The second kappa shape index (κ2) is 8.90. The van der Waals surface area contributed by atoms with E-state index in [1.807, 2.05) is 0 Å². The van der Waals surface area contributed by atoms with E-state index in [-0.39, 0.29) is 34.0 Å². The summed E-state index contributed by atoms with van der Waals surface area (Å²) < 4.78 is 24.5. The number of nitrogens with one attached hydrogen (secondary N) is 1. The van der Waals surface area contributed by atoms with Gasteiger partial charge in [-0.15, -0.1) is 5.10 Å². The molecule has 1 amide bonds. The number of aromatic nitrogens is 2. The molecule has 2 fully saturated rings. The average Bonchev–Trinajstić information content (AvgIpc) is 3.26. The Hall–Kier alpha value is -2.72. The van der Waals surface area contributed by atoms with Crippen LogP contribution in [-0.2, 0) is 4.74 Å². The number of piperazine rings is 1. The third kappa shape index (κ3) is 4.29. The summed E-state index contributed by atoms with van der Waals surface area (Å²) in [7, 11) is 0. The number of fused-ring (bicyclic) bond motifs is 1. The van der Waals surface area contributed by atoms with Gasteiger partial charge in [0.05, 0.1) is 39.9 Å². The average molecular weight is 493 g/mol. The van der Waals surface area contributed by atoms with Gasteiger partial charge in [0.2, 0.25) is 0 Å². The minimum Gasteiger partial charge on any atom is -0.388 e. The third-order valence-electron chi connectivity index (χ3n) is 6.00. The minimum absolute atomic E-state index is 0.0251. The van der Waals surface area contributed by atoms with E-state index in [9.17, 15) is 14.0 Å². The first-order valence-electron chi connectivity index (χ1n) is 10.3. The molecule has 2 saturated heterocycles. The highest BCUT2D eigenvalue weighted by Gasteiger charge is 2.36. The summed E-state index contributed by atoms with van der Waals surface area (Å²) in [6, 6.07) is 9.59. The smallest absolute Gasteiger partial charge is 0.388 e. The maximum absolute atomic E-state index is 13.5. The Morgan fingerprint density at radius 1 is 1.18 bits per heavy atom. The molecular formula is C22H19Cl2FN4O4. The number of benzene rings is 2. The van der Waals surface area contributed by atoms with Crippen LogP contribution in [0.1, 0.15) is 22.0 Å². The van der Waals surface area contributed by atoms with E-state index < -0.39 is 11.6 Å². The van der Waals surface area contributed by atoms with Crippen molar-refractivity contribution in [1.82, 2.24) is 20.0 Å². The maximum atomic E-state index is 13.5. The fraction of sp³-hybridized carbons (Fsp3) is 0.318. The lowest BCUT2D eigenvalue weighted by atomic mass is 10.0. The number of carbonyl (C=O) groups excluding carboxylic acids is 1. The molecule has 33 heavy (non-hydrogen) atoms. The number of halogens is 3. The summed E-state index contributed by atoms with van der Waals surface area (Å²) in [6.45, 7) is 2.72. The molecule has 2 aliphatic heterocycles. The van der Waals surface area contributed by atoms with Gasteiger partial charge in [0.1, 0.15) is 5.82 Å². The standard InChI is InChI=1S/C22H19Cl2FN4O4/c23-16-8-12(4-5-17(16)25)18-10-28-6-7-29(9-13(28)11-32-18)21(30)15-3-1-2-14(19(15)24)20-26-27-22(31)33-20/h1-5,8,13,18H,6-7,9-11H2,(H,27,31)/t13-,18-/m0/s1. The summed E-state index contributed by atoms with van der Waals surface area (Å²) in [6.07, 6.45) is -0.212. The first-order chi connectivity index (χ1) is 15.9. The highest BCUT2D eigenvalue weighted by molar-refractivity contribution is 6.36. The van der Waals surface area contributed by atoms with Crippen LogP contribution in [0.4, 0.5) is 4.39 Å². The topological polar surface area (TPSA) is 91.7 Å². The Morgan fingerprint density at radius 2 is 2.03 bits per heavy atom. The van der Waals surface area contributed by atoms with Crippen molar-refractivity contribution in [3.8, 4) is 11.5 Å². The molecule has 0 saturated carbocycles. The number of nitrogens with zero attached hydrogens (tertiary/aromatic N) is 3. The van der Waals surface area contributed by atoms with E-state index in [2.05, 4.69) is 15.1 Å². The predicted octanol–water partition coefficient (Wildman–Crippen LogP) is 3.37. The number of carbonyl (C=O) groups is 1. The fourth-order valence-corrected chi connectivity index (χ4v) is 4.74. The molecule has 0 spiro atoms. The second-order valence-electron chi connectivity index (χ2n) is 7.98. The fourth-order valence-electron chi connectivity index (χ4n) is 4.26. The van der Waals surface area contributed by atoms with E-state index in [0.29, 0.717) is 43.9 Å². The molecule has 2 aromatic carbocycles. The van der Waals surface area contributed by atoms with Crippen molar-refractivity contribution in [1.29, 1.82) is 0 Å². The number of morpholine rings is 1. The van der Waals surface area contributed by atoms with Gasteiger partial charge in [-0.2, -0.15) is 0 Å². The molecule has 0 radical (unpaired) electrons. The molecule has 1 aromatic heterocycles. The van der Waals surface area contributed by atoms with E-state index >= 15 is 0 Å². The van der Waals surface area contributed by atoms with Gasteiger partial charge in [-0.3, -0.25) is 9.69 Å². The quantitative estimate of drug-likeness (QED) is 0.602. The number of amides is 1. The molecule has 3 aromatic rings. The number of H-pyrrole nitrogens is 1. The summed E-state index contributed by atoms with van der Waals surface area (Å²) in [5.41, 5.74) is 1.50. The van der Waals surface area contributed by atoms with Crippen molar-refractivity contribution >= 4 is 29.1 Å². The molecular weight excluding hydrogens is 474 g/mol. The van der Waals surface area contributed by atoms with Crippen LogP contribution in [0.25, 0.3) is 11.5 Å². The van der Waals surface area contributed by atoms with Crippen LogP contribution in [0, 0.1) is 5.82 Å². The predicted molar refractivity (Wildman–Crippen MR) is 119 cm³/mol. The van der Waals surface area contributed by atoms with Gasteiger partial charge < -0.3 is 14.1 Å². The normalized spacial score (nSPS) is 21.1. The highest BCUT2D eigenvalue weighted by atomic mass is 35.5. The monoisotopic (exact) mass is 492 g/mol. The zero-order valence-electron chi connectivity index (χ0n) is 17.3. The molecule has 5 rings (SSSR count). The lowest BCUT2D eigenvalue weighted by molar-refractivity contribution is -0.0858. The molecule has 11 heteroatoms. The third-order valence-corrected chi connectivity index (χ3v) is 6.69. The van der Waals surface area contributed by atoms with E-state index in [4.69, 9.17) is 32.4 Å². The Morgan fingerprint density at radius 3 is 2.79 bits per heavy atom. The molecule has 172 valence electrons. The van der Waals surface area contributed by atoms with Crippen LogP contribution in [-0.4, -0.2) is 64.7 Å². The Kier molecular flexibility index (Phi) is 5.96. The van der Waals surface area contributed by atoms with Crippen molar-refractivity contribution in [2.45, 2.75) is 12.1 Å². The number of aromatic amines is 1. The molecule has 0 unspecified atom stereocenters. The van der Waals surface area contributed by atoms with Crippen molar-refractivity contribution < 1.29 is 18.3 Å². The molecule has 2 aliphatic rings. The summed E-state index contributed by atoms with van der Waals surface area (Å²) in [5, 5.41) is 6.22. The van der Waals surface area contributed by atoms with E-state index in [1.54, 1.807) is 35.2 Å². The van der Waals surface area contributed by atoms with Crippen LogP contribution in [0.3, 0.4) is 0 Å². The van der Waals surface area contributed by atoms with E-state index in [0.717, 1.165) is 5.56 Å². The van der Waals surface area contributed by atoms with Crippen LogP contribution >= 0.6 is 23.2 Å². The van der Waals surface area contributed by atoms with E-state index in [1.165, 1.54) is 6.07 Å². The van der Waals surface area contributed by atoms with Gasteiger partial charge in [-0.1, -0.05) is 35.3 Å². The van der Waals surface area contributed by atoms with Gasteiger partial charge in [-0.25, -0.2) is 14.3 Å². The molecule has 2 atom stereocenters.